The molecule has 1 fully saturated rings. The molecule has 1 rings (SSSR count). The van der Waals surface area contributed by atoms with Gasteiger partial charge in [0.25, 0.3) is 0 Å². The molecule has 2 unspecified atom stereocenters. The van der Waals surface area contributed by atoms with Gasteiger partial charge in [0.15, 0.2) is 0 Å². The minimum absolute atomic E-state index is 0.121. The molecule has 0 aromatic carbocycles. The zero-order valence-corrected chi connectivity index (χ0v) is 28.5. The number of carbonyl (C=O) groups is 1. The van der Waals surface area contributed by atoms with Gasteiger partial charge >= 0.3 is 0 Å². The quantitative estimate of drug-likeness (QED) is 0.0624. The zero-order valence-electron chi connectivity index (χ0n) is 28.5. The summed E-state index contributed by atoms with van der Waals surface area (Å²) >= 11 is 0. The fraction of sp³-hybridized carbons (Fsp3) is 0.921. The second-order valence-electron chi connectivity index (χ2n) is 13.4. The summed E-state index contributed by atoms with van der Waals surface area (Å²) < 4.78 is 0. The normalized spacial score (nSPS) is 15.5. The Morgan fingerprint density at radius 1 is 0.643 bits per heavy atom. The Morgan fingerprint density at radius 2 is 1.07 bits per heavy atom. The van der Waals surface area contributed by atoms with Crippen molar-refractivity contribution in [2.75, 3.05) is 19.6 Å². The van der Waals surface area contributed by atoms with Crippen molar-refractivity contribution < 1.29 is 9.90 Å². The Hall–Kier alpha value is -0.870. The number of aliphatic hydroxyl groups is 1. The predicted molar refractivity (Wildman–Crippen MR) is 184 cm³/mol. The lowest BCUT2D eigenvalue weighted by Gasteiger charge is -2.28. The van der Waals surface area contributed by atoms with Crippen LogP contribution in [0.4, 0.5) is 0 Å². The number of allylic oxidation sites excluding steroid dienone is 1. The molecule has 1 saturated heterocycles. The van der Waals surface area contributed by atoms with E-state index in [9.17, 15) is 9.90 Å². The van der Waals surface area contributed by atoms with Gasteiger partial charge in [-0.15, -0.1) is 0 Å². The smallest absolute Gasteiger partial charge is 0.220 e. The molecule has 4 heteroatoms. The van der Waals surface area contributed by atoms with E-state index in [0.29, 0.717) is 12.8 Å². The monoisotopic (exact) mass is 591 g/mol. The Balaban J connectivity index is 2.13. The van der Waals surface area contributed by atoms with Crippen molar-refractivity contribution in [1.29, 1.82) is 0 Å². The van der Waals surface area contributed by atoms with Gasteiger partial charge in [-0.3, -0.25) is 4.79 Å². The first-order chi connectivity index (χ1) is 20.7. The minimum Gasteiger partial charge on any atom is -0.391 e. The molecule has 4 nitrogen and oxygen atoms in total. The maximum absolute atomic E-state index is 12.8. The number of aliphatic hydroxyl groups excluding tert-OH is 1. The van der Waals surface area contributed by atoms with Gasteiger partial charge in [0.05, 0.1) is 12.1 Å². The van der Waals surface area contributed by atoms with Crippen molar-refractivity contribution in [3.63, 3.8) is 0 Å². The third-order valence-electron chi connectivity index (χ3n) is 9.24. The minimum atomic E-state index is -0.509. The van der Waals surface area contributed by atoms with Gasteiger partial charge in [-0.1, -0.05) is 161 Å². The van der Waals surface area contributed by atoms with E-state index in [1.54, 1.807) is 0 Å². The second kappa shape index (κ2) is 30.2. The molecule has 0 saturated carbocycles. The van der Waals surface area contributed by atoms with E-state index >= 15 is 0 Å². The first kappa shape index (κ1) is 39.2. The Kier molecular flexibility index (Phi) is 28.1. The van der Waals surface area contributed by atoms with E-state index in [-0.39, 0.29) is 11.9 Å². The first-order valence-electron chi connectivity index (χ1n) is 19.0. The van der Waals surface area contributed by atoms with Crippen LogP contribution in [-0.4, -0.2) is 47.7 Å². The molecule has 0 aliphatic carbocycles. The van der Waals surface area contributed by atoms with Crippen LogP contribution in [0.1, 0.15) is 194 Å². The van der Waals surface area contributed by atoms with E-state index in [2.05, 4.69) is 36.2 Å². The van der Waals surface area contributed by atoms with Crippen molar-refractivity contribution in [3.8, 4) is 0 Å². The topological polar surface area (TPSA) is 52.6 Å². The highest BCUT2D eigenvalue weighted by molar-refractivity contribution is 5.76. The lowest BCUT2D eigenvalue weighted by atomic mass is 10.0. The van der Waals surface area contributed by atoms with Crippen LogP contribution in [0.2, 0.25) is 0 Å². The lowest BCUT2D eigenvalue weighted by Crippen LogP contribution is -2.49. The number of amides is 1. The number of carbonyl (C=O) groups excluding carboxylic acids is 1. The molecule has 2 N–H and O–H groups in total. The summed E-state index contributed by atoms with van der Waals surface area (Å²) in [7, 11) is 0. The number of hydrogen-bond acceptors (Lipinski definition) is 3. The highest BCUT2D eigenvalue weighted by Gasteiger charge is 2.24. The Bertz CT molecular complexity index is 602. The average Bonchev–Trinajstić information content (AvgIpc) is 3.50. The molecule has 1 amide bonds. The maximum Gasteiger partial charge on any atom is 0.220 e. The van der Waals surface area contributed by atoms with Crippen LogP contribution in [0.25, 0.3) is 0 Å². The fourth-order valence-electron chi connectivity index (χ4n) is 6.36. The van der Waals surface area contributed by atoms with Crippen LogP contribution in [0, 0.1) is 0 Å². The van der Waals surface area contributed by atoms with E-state index in [0.717, 1.165) is 38.9 Å². The van der Waals surface area contributed by atoms with Crippen molar-refractivity contribution in [1.82, 2.24) is 10.2 Å². The van der Waals surface area contributed by atoms with Crippen molar-refractivity contribution in [2.45, 2.75) is 206 Å². The molecule has 42 heavy (non-hydrogen) atoms. The van der Waals surface area contributed by atoms with E-state index in [1.807, 2.05) is 0 Å². The molecule has 1 aliphatic rings. The summed E-state index contributed by atoms with van der Waals surface area (Å²) in [5.41, 5.74) is 0. The summed E-state index contributed by atoms with van der Waals surface area (Å²) in [6.45, 7) is 7.52. The molecule has 0 spiro atoms. The lowest BCUT2D eigenvalue weighted by molar-refractivity contribution is -0.123. The van der Waals surface area contributed by atoms with Gasteiger partial charge in [-0.05, 0) is 51.6 Å². The molecule has 0 bridgehead atoms. The standard InChI is InChI=1S/C38H74N2O2/c1-3-5-7-9-11-13-15-17-19-21-23-25-27-31-37(41)36(35-40-33-29-30-34-40)39-38(42)32-28-26-24-22-20-18-16-14-12-10-8-6-4-2/h25,27,36-37,41H,3-24,26,28-35H2,1-2H3,(H,39,42). The summed E-state index contributed by atoms with van der Waals surface area (Å²) in [4.78, 5) is 15.2. The third-order valence-corrected chi connectivity index (χ3v) is 9.24. The van der Waals surface area contributed by atoms with Gasteiger partial charge in [-0.25, -0.2) is 0 Å². The predicted octanol–water partition coefficient (Wildman–Crippen LogP) is 10.7. The van der Waals surface area contributed by atoms with Crippen LogP contribution in [0.15, 0.2) is 12.2 Å². The average molecular weight is 591 g/mol. The number of likely N-dealkylation sites (tertiary alicyclic amines) is 1. The van der Waals surface area contributed by atoms with Crippen LogP contribution in [0.5, 0.6) is 0 Å². The number of nitrogens with one attached hydrogen (secondary N) is 1. The maximum atomic E-state index is 12.8. The highest BCUT2D eigenvalue weighted by Crippen LogP contribution is 2.15. The summed E-state index contributed by atoms with van der Waals surface area (Å²) in [6, 6.07) is -0.167. The van der Waals surface area contributed by atoms with Gasteiger partial charge in [0.2, 0.25) is 5.91 Å². The van der Waals surface area contributed by atoms with Gasteiger partial charge in [-0.2, -0.15) is 0 Å². The summed E-state index contributed by atoms with van der Waals surface area (Å²) in [5, 5.41) is 14.2. The van der Waals surface area contributed by atoms with E-state index < -0.39 is 6.10 Å². The Labute approximate surface area is 263 Å². The van der Waals surface area contributed by atoms with Crippen molar-refractivity contribution in [2.24, 2.45) is 0 Å². The van der Waals surface area contributed by atoms with Crippen LogP contribution in [0.3, 0.4) is 0 Å². The number of rotatable bonds is 31. The van der Waals surface area contributed by atoms with Crippen molar-refractivity contribution in [3.05, 3.63) is 12.2 Å². The van der Waals surface area contributed by atoms with Crippen LogP contribution >= 0.6 is 0 Å². The van der Waals surface area contributed by atoms with E-state index in [4.69, 9.17) is 0 Å². The fourth-order valence-corrected chi connectivity index (χ4v) is 6.36. The van der Waals surface area contributed by atoms with Gasteiger partial charge in [0.1, 0.15) is 0 Å². The van der Waals surface area contributed by atoms with Gasteiger partial charge < -0.3 is 15.3 Å². The molecule has 2 atom stereocenters. The summed E-state index contributed by atoms with van der Waals surface area (Å²) in [5.74, 6) is 0.121. The second-order valence-corrected chi connectivity index (χ2v) is 13.4. The first-order valence-corrected chi connectivity index (χ1v) is 19.0. The zero-order chi connectivity index (χ0) is 30.4. The molecule has 248 valence electrons. The van der Waals surface area contributed by atoms with Crippen molar-refractivity contribution >= 4 is 5.91 Å². The Morgan fingerprint density at radius 3 is 1.55 bits per heavy atom. The highest BCUT2D eigenvalue weighted by atomic mass is 16.3. The third kappa shape index (κ3) is 24.6. The van der Waals surface area contributed by atoms with Crippen LogP contribution in [-0.2, 0) is 4.79 Å². The number of hydrogen-bond donors (Lipinski definition) is 2. The molecule has 1 heterocycles. The molecular formula is C38H74N2O2. The van der Waals surface area contributed by atoms with E-state index in [1.165, 1.54) is 148 Å². The summed E-state index contributed by atoms with van der Waals surface area (Å²) in [6.07, 6.45) is 39.5. The number of unbranched alkanes of at least 4 members (excludes halogenated alkanes) is 22. The molecule has 0 aromatic heterocycles. The molecule has 0 aromatic rings. The number of nitrogens with zero attached hydrogens (tertiary/aromatic N) is 1. The van der Waals surface area contributed by atoms with Gasteiger partial charge in [0, 0.05) is 13.0 Å². The largest absolute Gasteiger partial charge is 0.391 e. The van der Waals surface area contributed by atoms with Crippen LogP contribution < -0.4 is 5.32 Å². The molecular weight excluding hydrogens is 516 g/mol. The SMILES string of the molecule is CCCCCCCCCCCCC=CCC(O)C(CN1CCCC1)NC(=O)CCCCCCCCCCCCCCC. The molecule has 1 aliphatic heterocycles. The molecule has 0 radical (unpaired) electrons.